The third-order valence-corrected chi connectivity index (χ3v) is 10.6. The molecule has 232 valence electrons. The average Bonchev–Trinajstić information content (AvgIpc) is 3.32. The molecule has 0 aromatic heterocycles. The molecule has 0 unspecified atom stereocenters. The van der Waals surface area contributed by atoms with E-state index in [2.05, 4.69) is 166 Å². The van der Waals surface area contributed by atoms with Gasteiger partial charge in [-0.05, 0) is 124 Å². The number of fused-ring (bicyclic) bond motifs is 6. The van der Waals surface area contributed by atoms with Gasteiger partial charge in [0.05, 0.1) is 5.69 Å². The molecule has 0 N–H and O–H groups in total. The molecular weight excluding hydrogens is 567 g/mol. The Morgan fingerprint density at radius 1 is 0.511 bits per heavy atom. The van der Waals surface area contributed by atoms with Gasteiger partial charge in [0, 0.05) is 22.4 Å². The quantitative estimate of drug-likeness (QED) is 0.188. The van der Waals surface area contributed by atoms with Crippen LogP contribution in [-0.2, 0) is 18.3 Å². The van der Waals surface area contributed by atoms with Gasteiger partial charge in [0.2, 0.25) is 0 Å². The van der Waals surface area contributed by atoms with E-state index in [1.165, 1.54) is 91.1 Å². The van der Waals surface area contributed by atoms with Crippen molar-refractivity contribution >= 4 is 17.1 Å². The summed E-state index contributed by atoms with van der Waals surface area (Å²) in [6.07, 6.45) is 4.67. The van der Waals surface area contributed by atoms with Crippen molar-refractivity contribution in [1.82, 2.24) is 0 Å². The van der Waals surface area contributed by atoms with Gasteiger partial charge < -0.3 is 4.90 Å². The predicted molar refractivity (Wildman–Crippen MR) is 200 cm³/mol. The summed E-state index contributed by atoms with van der Waals surface area (Å²) in [6, 6.07) is 50.4. The van der Waals surface area contributed by atoms with Crippen LogP contribution in [0.1, 0.15) is 74.3 Å². The second-order valence-corrected chi connectivity index (χ2v) is 14.2. The molecule has 1 heteroatoms. The molecule has 0 radical (unpaired) electrons. The molecule has 0 heterocycles. The molecule has 0 spiro atoms. The third-order valence-electron chi connectivity index (χ3n) is 10.6. The second kappa shape index (κ2) is 11.7. The van der Waals surface area contributed by atoms with Crippen molar-refractivity contribution in [3.63, 3.8) is 0 Å². The molecule has 8 rings (SSSR count). The highest BCUT2D eigenvalue weighted by molar-refractivity contribution is 5.91. The topological polar surface area (TPSA) is 3.24 Å². The largest absolute Gasteiger partial charge is 0.310 e. The Bertz CT molecular complexity index is 2100. The van der Waals surface area contributed by atoms with Gasteiger partial charge in [-0.1, -0.05) is 125 Å². The number of rotatable bonds is 5. The first kappa shape index (κ1) is 29.5. The maximum Gasteiger partial charge on any atom is 0.0540 e. The lowest BCUT2D eigenvalue weighted by molar-refractivity contribution is 0.660. The Kier molecular flexibility index (Phi) is 7.37. The Balaban J connectivity index is 1.36. The molecule has 6 aromatic carbocycles. The zero-order valence-corrected chi connectivity index (χ0v) is 28.1. The van der Waals surface area contributed by atoms with Crippen LogP contribution in [0.4, 0.5) is 17.1 Å². The number of hydrogen-bond donors (Lipinski definition) is 0. The van der Waals surface area contributed by atoms with Gasteiger partial charge in [-0.2, -0.15) is 0 Å². The molecule has 6 aromatic rings. The molecule has 2 aliphatic carbocycles. The summed E-state index contributed by atoms with van der Waals surface area (Å²) in [5.41, 5.74) is 18.6. The summed E-state index contributed by atoms with van der Waals surface area (Å²) >= 11 is 0. The summed E-state index contributed by atoms with van der Waals surface area (Å²) in [4.78, 5) is 2.52. The van der Waals surface area contributed by atoms with E-state index in [1.54, 1.807) is 0 Å². The van der Waals surface area contributed by atoms with Crippen LogP contribution in [0.3, 0.4) is 0 Å². The number of aryl methyl sites for hydroxylation is 2. The van der Waals surface area contributed by atoms with Crippen molar-refractivity contribution in [3.8, 4) is 33.4 Å². The highest BCUT2D eigenvalue weighted by Gasteiger charge is 2.36. The zero-order chi connectivity index (χ0) is 32.1. The van der Waals surface area contributed by atoms with E-state index < -0.39 is 0 Å². The van der Waals surface area contributed by atoms with E-state index in [9.17, 15) is 0 Å². The van der Waals surface area contributed by atoms with Crippen LogP contribution >= 0.6 is 0 Å². The maximum atomic E-state index is 2.52. The molecule has 0 amide bonds. The molecule has 47 heavy (non-hydrogen) atoms. The van der Waals surface area contributed by atoms with Crippen molar-refractivity contribution in [1.29, 1.82) is 0 Å². The Labute approximate surface area is 280 Å². The van der Waals surface area contributed by atoms with Crippen LogP contribution in [0.2, 0.25) is 0 Å². The number of hydrogen-bond acceptors (Lipinski definition) is 1. The number of nitrogens with zero attached hydrogens (tertiary/aromatic N) is 1. The molecular formula is C46H43N. The lowest BCUT2D eigenvalue weighted by Crippen LogP contribution is -2.17. The summed E-state index contributed by atoms with van der Waals surface area (Å²) in [5.74, 6) is 0.441. The van der Waals surface area contributed by atoms with Crippen molar-refractivity contribution < 1.29 is 0 Å². The SMILES string of the molecule is CC(C)c1ccc(N(c2ccc3c(c2)CCCCc2ccccc2-3)c2ccc3c(c2)C(C)(C)c2ccccc2-3)c(-c2ccccc2)c1. The second-order valence-electron chi connectivity index (χ2n) is 14.2. The summed E-state index contributed by atoms with van der Waals surface area (Å²) < 4.78 is 0. The van der Waals surface area contributed by atoms with Crippen molar-refractivity contribution in [3.05, 3.63) is 161 Å². The monoisotopic (exact) mass is 609 g/mol. The molecule has 0 saturated carbocycles. The van der Waals surface area contributed by atoms with E-state index >= 15 is 0 Å². The fourth-order valence-corrected chi connectivity index (χ4v) is 8.04. The van der Waals surface area contributed by atoms with Gasteiger partial charge in [0.25, 0.3) is 0 Å². The van der Waals surface area contributed by atoms with Crippen LogP contribution in [-0.4, -0.2) is 0 Å². The van der Waals surface area contributed by atoms with E-state index in [0.29, 0.717) is 5.92 Å². The van der Waals surface area contributed by atoms with Gasteiger partial charge in [0.15, 0.2) is 0 Å². The normalized spacial score (nSPS) is 14.4. The lowest BCUT2D eigenvalue weighted by atomic mass is 9.82. The highest BCUT2D eigenvalue weighted by Crippen LogP contribution is 2.51. The minimum Gasteiger partial charge on any atom is -0.310 e. The standard InChI is InChI=1S/C46H43N/c1-31(2)34-22-27-45(42(29-34)33-14-6-5-7-15-33)47(37-24-26-41-40-20-12-13-21-43(40)46(3,4)44(41)30-37)36-23-25-39-35(28-36)18-9-8-16-32-17-10-11-19-38(32)39/h5-7,10-15,17,19-31H,8-9,16,18H2,1-4H3. The Morgan fingerprint density at radius 3 is 1.91 bits per heavy atom. The molecule has 0 bridgehead atoms. The first-order valence-corrected chi connectivity index (χ1v) is 17.4. The molecule has 2 aliphatic rings. The third kappa shape index (κ3) is 5.10. The van der Waals surface area contributed by atoms with Gasteiger partial charge in [-0.15, -0.1) is 0 Å². The number of anilines is 3. The fourth-order valence-electron chi connectivity index (χ4n) is 8.04. The molecule has 0 fully saturated rings. The van der Waals surface area contributed by atoms with Gasteiger partial charge in [-0.25, -0.2) is 0 Å². The van der Waals surface area contributed by atoms with Gasteiger partial charge in [0.1, 0.15) is 0 Å². The summed E-state index contributed by atoms with van der Waals surface area (Å²) in [7, 11) is 0. The van der Waals surface area contributed by atoms with Crippen LogP contribution in [0, 0.1) is 0 Å². The Hall–Kier alpha value is -4.88. The highest BCUT2D eigenvalue weighted by atomic mass is 15.1. The molecule has 1 nitrogen and oxygen atoms in total. The van der Waals surface area contributed by atoms with Gasteiger partial charge >= 0.3 is 0 Å². The van der Waals surface area contributed by atoms with Crippen LogP contribution in [0.15, 0.2) is 133 Å². The van der Waals surface area contributed by atoms with Crippen molar-refractivity contribution in [2.24, 2.45) is 0 Å². The van der Waals surface area contributed by atoms with Crippen LogP contribution in [0.25, 0.3) is 33.4 Å². The minimum absolute atomic E-state index is 0.0763. The molecule has 0 atom stereocenters. The molecule has 0 aliphatic heterocycles. The van der Waals surface area contributed by atoms with Crippen LogP contribution in [0.5, 0.6) is 0 Å². The smallest absolute Gasteiger partial charge is 0.0540 e. The Morgan fingerprint density at radius 2 is 1.13 bits per heavy atom. The van der Waals surface area contributed by atoms with E-state index in [0.717, 1.165) is 12.8 Å². The molecule has 0 saturated heterocycles. The maximum absolute atomic E-state index is 2.52. The van der Waals surface area contributed by atoms with E-state index in [-0.39, 0.29) is 5.41 Å². The van der Waals surface area contributed by atoms with E-state index in [1.807, 2.05) is 0 Å². The van der Waals surface area contributed by atoms with Gasteiger partial charge in [-0.3, -0.25) is 0 Å². The summed E-state index contributed by atoms with van der Waals surface area (Å²) in [5, 5.41) is 0. The van der Waals surface area contributed by atoms with Crippen molar-refractivity contribution in [2.75, 3.05) is 4.90 Å². The predicted octanol–water partition coefficient (Wildman–Crippen LogP) is 12.8. The first-order chi connectivity index (χ1) is 22.9. The van der Waals surface area contributed by atoms with Crippen LogP contribution < -0.4 is 4.90 Å². The van der Waals surface area contributed by atoms with Crippen molar-refractivity contribution in [2.45, 2.75) is 64.7 Å². The zero-order valence-electron chi connectivity index (χ0n) is 28.1. The minimum atomic E-state index is -0.0763. The summed E-state index contributed by atoms with van der Waals surface area (Å²) in [6.45, 7) is 9.33. The average molecular weight is 610 g/mol. The fraction of sp³-hybridized carbons (Fsp3) is 0.217. The lowest BCUT2D eigenvalue weighted by Gasteiger charge is -2.31. The number of benzene rings is 6. The first-order valence-electron chi connectivity index (χ1n) is 17.4. The van der Waals surface area contributed by atoms with E-state index in [4.69, 9.17) is 0 Å².